The number of carbonyl (C=O) groups is 2. The Morgan fingerprint density at radius 1 is 1.17 bits per heavy atom. The fourth-order valence-corrected chi connectivity index (χ4v) is 3.55. The van der Waals surface area contributed by atoms with Crippen LogP contribution in [0.25, 0.3) is 0 Å². The normalized spacial score (nSPS) is 16.2. The van der Waals surface area contributed by atoms with Crippen molar-refractivity contribution in [1.29, 1.82) is 0 Å². The van der Waals surface area contributed by atoms with Gasteiger partial charge in [-0.05, 0) is 35.7 Å². The SMILES string of the molecule is COc1ccc(N2CC(NC(=O)N(Cc3ccccc3)CC(C)C)CC2=O)cc1. The molecule has 1 heterocycles. The molecule has 1 aliphatic rings. The molecule has 0 aromatic heterocycles. The average molecular weight is 396 g/mol. The zero-order valence-corrected chi connectivity index (χ0v) is 17.3. The summed E-state index contributed by atoms with van der Waals surface area (Å²) in [7, 11) is 1.61. The highest BCUT2D eigenvalue weighted by Crippen LogP contribution is 2.24. The molecular weight excluding hydrogens is 366 g/mol. The summed E-state index contributed by atoms with van der Waals surface area (Å²) in [6, 6.07) is 17.0. The summed E-state index contributed by atoms with van der Waals surface area (Å²) < 4.78 is 5.17. The van der Waals surface area contributed by atoms with Crippen molar-refractivity contribution in [3.63, 3.8) is 0 Å². The van der Waals surface area contributed by atoms with Crippen LogP contribution in [-0.4, -0.2) is 43.1 Å². The van der Waals surface area contributed by atoms with E-state index >= 15 is 0 Å². The van der Waals surface area contributed by atoms with Crippen LogP contribution in [0.4, 0.5) is 10.5 Å². The van der Waals surface area contributed by atoms with E-state index in [-0.39, 0.29) is 18.0 Å². The number of nitrogens with one attached hydrogen (secondary N) is 1. The van der Waals surface area contributed by atoms with E-state index in [4.69, 9.17) is 4.74 Å². The Bertz CT molecular complexity index is 821. The van der Waals surface area contributed by atoms with Crippen LogP contribution in [0.2, 0.25) is 0 Å². The van der Waals surface area contributed by atoms with Gasteiger partial charge in [0.15, 0.2) is 0 Å². The number of hydrogen-bond donors (Lipinski definition) is 1. The molecule has 0 radical (unpaired) electrons. The minimum absolute atomic E-state index is 0.0129. The van der Waals surface area contributed by atoms with Gasteiger partial charge in [-0.15, -0.1) is 0 Å². The molecule has 0 saturated carbocycles. The van der Waals surface area contributed by atoms with Crippen LogP contribution in [0.5, 0.6) is 5.75 Å². The van der Waals surface area contributed by atoms with Crippen molar-refractivity contribution in [3.05, 3.63) is 60.2 Å². The molecule has 6 heteroatoms. The van der Waals surface area contributed by atoms with Crippen molar-refractivity contribution >= 4 is 17.6 Å². The van der Waals surface area contributed by atoms with Crippen molar-refractivity contribution in [1.82, 2.24) is 10.2 Å². The van der Waals surface area contributed by atoms with Crippen LogP contribution in [0.15, 0.2) is 54.6 Å². The lowest BCUT2D eigenvalue weighted by atomic mass is 10.1. The lowest BCUT2D eigenvalue weighted by Gasteiger charge is -2.27. The summed E-state index contributed by atoms with van der Waals surface area (Å²) in [4.78, 5) is 29.0. The lowest BCUT2D eigenvalue weighted by Crippen LogP contribution is -2.46. The number of carbonyl (C=O) groups excluding carboxylic acids is 2. The zero-order valence-electron chi connectivity index (χ0n) is 17.3. The van der Waals surface area contributed by atoms with E-state index in [1.165, 1.54) is 0 Å². The molecule has 2 aromatic carbocycles. The van der Waals surface area contributed by atoms with Crippen molar-refractivity contribution in [3.8, 4) is 5.75 Å². The van der Waals surface area contributed by atoms with Crippen molar-refractivity contribution < 1.29 is 14.3 Å². The number of hydrogen-bond acceptors (Lipinski definition) is 3. The summed E-state index contributed by atoms with van der Waals surface area (Å²) in [5.74, 6) is 1.11. The summed E-state index contributed by atoms with van der Waals surface area (Å²) in [6.45, 7) is 5.86. The zero-order chi connectivity index (χ0) is 20.8. The third-order valence-electron chi connectivity index (χ3n) is 4.93. The number of methoxy groups -OCH3 is 1. The first-order valence-electron chi connectivity index (χ1n) is 10.00. The second kappa shape index (κ2) is 9.45. The molecule has 6 nitrogen and oxygen atoms in total. The third-order valence-corrected chi connectivity index (χ3v) is 4.93. The van der Waals surface area contributed by atoms with Crippen LogP contribution >= 0.6 is 0 Å². The first-order valence-corrected chi connectivity index (χ1v) is 10.00. The Balaban J connectivity index is 1.64. The standard InChI is InChI=1S/C23H29N3O3/c1-17(2)14-25(15-18-7-5-4-6-8-18)23(28)24-19-13-22(27)26(16-19)20-9-11-21(29-3)12-10-20/h4-12,17,19H,13-16H2,1-3H3,(H,24,28). The van der Waals surface area contributed by atoms with Gasteiger partial charge < -0.3 is 19.9 Å². The summed E-state index contributed by atoms with van der Waals surface area (Å²) in [5.41, 5.74) is 1.90. The molecule has 1 fully saturated rings. The van der Waals surface area contributed by atoms with Crippen molar-refractivity contribution in [2.45, 2.75) is 32.9 Å². The van der Waals surface area contributed by atoms with Crippen molar-refractivity contribution in [2.75, 3.05) is 25.1 Å². The van der Waals surface area contributed by atoms with Gasteiger partial charge in [-0.1, -0.05) is 44.2 Å². The van der Waals surface area contributed by atoms with Gasteiger partial charge in [0.25, 0.3) is 0 Å². The van der Waals surface area contributed by atoms with E-state index in [1.807, 2.05) is 59.5 Å². The van der Waals surface area contributed by atoms with Gasteiger partial charge in [-0.25, -0.2) is 4.79 Å². The van der Waals surface area contributed by atoms with Crippen LogP contribution in [0.3, 0.4) is 0 Å². The average Bonchev–Trinajstić information content (AvgIpc) is 3.08. The topological polar surface area (TPSA) is 61.9 Å². The van der Waals surface area contributed by atoms with E-state index in [2.05, 4.69) is 19.2 Å². The minimum atomic E-state index is -0.206. The van der Waals surface area contributed by atoms with Gasteiger partial charge in [0.2, 0.25) is 5.91 Å². The Labute approximate surface area is 172 Å². The molecule has 2 aromatic rings. The molecule has 0 spiro atoms. The van der Waals surface area contributed by atoms with Gasteiger partial charge >= 0.3 is 6.03 Å². The Kier molecular flexibility index (Phi) is 6.75. The van der Waals surface area contributed by atoms with Gasteiger partial charge in [0.1, 0.15) is 5.75 Å². The Hall–Kier alpha value is -3.02. The molecule has 154 valence electrons. The second-order valence-corrected chi connectivity index (χ2v) is 7.81. The van der Waals surface area contributed by atoms with Gasteiger partial charge in [0.05, 0.1) is 13.2 Å². The molecule has 1 aliphatic heterocycles. The maximum Gasteiger partial charge on any atom is 0.318 e. The second-order valence-electron chi connectivity index (χ2n) is 7.81. The number of urea groups is 1. The van der Waals surface area contributed by atoms with E-state index in [1.54, 1.807) is 12.0 Å². The van der Waals surface area contributed by atoms with E-state index in [9.17, 15) is 9.59 Å². The molecule has 0 bridgehead atoms. The quantitative estimate of drug-likeness (QED) is 0.778. The van der Waals surface area contributed by atoms with E-state index in [0.717, 1.165) is 17.0 Å². The molecule has 3 rings (SSSR count). The van der Waals surface area contributed by atoms with Crippen LogP contribution in [0.1, 0.15) is 25.8 Å². The predicted octanol–water partition coefficient (Wildman–Crippen LogP) is 3.67. The first kappa shape index (κ1) is 20.7. The molecule has 3 amide bonds. The Morgan fingerprint density at radius 3 is 2.48 bits per heavy atom. The van der Waals surface area contributed by atoms with E-state index < -0.39 is 0 Å². The third kappa shape index (κ3) is 5.50. The monoisotopic (exact) mass is 395 g/mol. The summed E-state index contributed by atoms with van der Waals surface area (Å²) in [5, 5.41) is 3.06. The molecule has 1 unspecified atom stereocenters. The van der Waals surface area contributed by atoms with Crippen LogP contribution in [0, 0.1) is 5.92 Å². The van der Waals surface area contributed by atoms with Gasteiger partial charge in [-0.3, -0.25) is 4.79 Å². The van der Waals surface area contributed by atoms with Crippen molar-refractivity contribution in [2.24, 2.45) is 5.92 Å². The molecular formula is C23H29N3O3. The smallest absolute Gasteiger partial charge is 0.318 e. The number of amides is 3. The molecule has 0 aliphatic carbocycles. The summed E-state index contributed by atoms with van der Waals surface area (Å²) in [6.07, 6.45) is 0.304. The molecule has 1 saturated heterocycles. The van der Waals surface area contributed by atoms with E-state index in [0.29, 0.717) is 32.0 Å². The van der Waals surface area contributed by atoms with Crippen LogP contribution < -0.4 is 15.0 Å². The molecule has 29 heavy (non-hydrogen) atoms. The Morgan fingerprint density at radius 2 is 1.86 bits per heavy atom. The highest BCUT2D eigenvalue weighted by atomic mass is 16.5. The molecule has 1 atom stereocenters. The predicted molar refractivity (Wildman–Crippen MR) is 114 cm³/mol. The number of benzene rings is 2. The number of anilines is 1. The number of ether oxygens (including phenoxy) is 1. The number of rotatable bonds is 7. The maximum absolute atomic E-state index is 12.9. The number of nitrogens with zero attached hydrogens (tertiary/aromatic N) is 2. The lowest BCUT2D eigenvalue weighted by molar-refractivity contribution is -0.117. The molecule has 1 N–H and O–H groups in total. The minimum Gasteiger partial charge on any atom is -0.497 e. The van der Waals surface area contributed by atoms with Gasteiger partial charge in [0, 0.05) is 31.7 Å². The van der Waals surface area contributed by atoms with Gasteiger partial charge in [-0.2, -0.15) is 0 Å². The maximum atomic E-state index is 12.9. The largest absolute Gasteiger partial charge is 0.497 e. The van der Waals surface area contributed by atoms with Crippen LogP contribution in [-0.2, 0) is 11.3 Å². The highest BCUT2D eigenvalue weighted by Gasteiger charge is 2.32. The fourth-order valence-electron chi connectivity index (χ4n) is 3.55. The first-order chi connectivity index (χ1) is 14.0. The highest BCUT2D eigenvalue weighted by molar-refractivity contribution is 5.96. The fraction of sp³-hybridized carbons (Fsp3) is 0.391. The summed E-state index contributed by atoms with van der Waals surface area (Å²) >= 11 is 0.